The Morgan fingerprint density at radius 3 is 2.45 bits per heavy atom. The Morgan fingerprint density at radius 1 is 0.900 bits per heavy atom. The third kappa shape index (κ3) is 2.53. The number of hydrogen-bond donors (Lipinski definition) is 2. The Hall–Kier alpha value is -2.65. The lowest BCUT2D eigenvalue weighted by atomic mass is 10.1. The average molecular weight is 261 g/mol. The van der Waals surface area contributed by atoms with Crippen molar-refractivity contribution in [2.75, 3.05) is 5.43 Å². The van der Waals surface area contributed by atoms with Gasteiger partial charge in [-0.25, -0.2) is 4.98 Å². The van der Waals surface area contributed by atoms with Crippen molar-refractivity contribution >= 4 is 28.7 Å². The predicted octanol–water partition coefficient (Wildman–Crippen LogP) is 3.69. The molecule has 2 aromatic carbocycles. The highest BCUT2D eigenvalue weighted by Gasteiger charge is 2.02. The van der Waals surface area contributed by atoms with Crippen molar-refractivity contribution in [3.05, 3.63) is 71.9 Å². The van der Waals surface area contributed by atoms with Crippen LogP contribution in [0, 0.1) is 0 Å². The summed E-state index contributed by atoms with van der Waals surface area (Å²) in [5.41, 5.74) is 6.56. The topological polar surface area (TPSA) is 50.9 Å². The number of benzene rings is 2. The second kappa shape index (κ2) is 5.55. The molecular weight excluding hydrogens is 246 g/mol. The highest BCUT2D eigenvalue weighted by atomic mass is 15.2. The van der Waals surface area contributed by atoms with E-state index in [9.17, 15) is 0 Å². The van der Waals surface area contributed by atoms with Gasteiger partial charge >= 0.3 is 0 Å². The summed E-state index contributed by atoms with van der Waals surface area (Å²) in [6, 6.07) is 20.0. The number of fused-ring (bicyclic) bond motifs is 1. The summed E-state index contributed by atoms with van der Waals surface area (Å²) in [6.07, 6.45) is 4.03. The molecule has 0 fully saturated rings. The third-order valence-corrected chi connectivity index (χ3v) is 3.14. The van der Waals surface area contributed by atoms with Crippen molar-refractivity contribution < 1.29 is 0 Å². The lowest BCUT2D eigenvalue weighted by molar-refractivity contribution is 1.32. The number of nitrogens with one attached hydrogen (secondary N) is 1. The molecule has 98 valence electrons. The molecule has 1 aromatic heterocycles. The van der Waals surface area contributed by atoms with E-state index in [0.717, 1.165) is 27.8 Å². The number of pyridine rings is 1. The van der Waals surface area contributed by atoms with Crippen LogP contribution in [0.15, 0.2) is 60.7 Å². The Labute approximate surface area is 117 Å². The number of hydrogen-bond acceptors (Lipinski definition) is 3. The SMILES string of the molecule is NNc1cc(C=Cc2ccccc2)nc2ccccc12. The molecule has 0 unspecified atom stereocenters. The van der Waals surface area contributed by atoms with Crippen molar-refractivity contribution in [1.29, 1.82) is 0 Å². The highest BCUT2D eigenvalue weighted by molar-refractivity contribution is 5.92. The maximum Gasteiger partial charge on any atom is 0.0730 e. The number of aromatic nitrogens is 1. The predicted molar refractivity (Wildman–Crippen MR) is 84.9 cm³/mol. The fourth-order valence-electron chi connectivity index (χ4n) is 2.15. The zero-order valence-corrected chi connectivity index (χ0v) is 11.0. The Balaban J connectivity index is 2.02. The summed E-state index contributed by atoms with van der Waals surface area (Å²) in [6.45, 7) is 0. The van der Waals surface area contributed by atoms with Crippen LogP contribution in [0.25, 0.3) is 23.1 Å². The first-order valence-electron chi connectivity index (χ1n) is 6.46. The molecule has 0 amide bonds. The van der Waals surface area contributed by atoms with Crippen LogP contribution in [-0.4, -0.2) is 4.98 Å². The summed E-state index contributed by atoms with van der Waals surface area (Å²) >= 11 is 0. The summed E-state index contributed by atoms with van der Waals surface area (Å²) < 4.78 is 0. The van der Waals surface area contributed by atoms with E-state index < -0.39 is 0 Å². The van der Waals surface area contributed by atoms with Crippen molar-refractivity contribution in [2.24, 2.45) is 5.84 Å². The molecule has 0 radical (unpaired) electrons. The van der Waals surface area contributed by atoms with Crippen LogP contribution < -0.4 is 11.3 Å². The summed E-state index contributed by atoms with van der Waals surface area (Å²) in [7, 11) is 0. The summed E-state index contributed by atoms with van der Waals surface area (Å²) in [4.78, 5) is 4.62. The number of nitrogen functional groups attached to an aromatic ring is 1. The van der Waals surface area contributed by atoms with Crippen LogP contribution in [-0.2, 0) is 0 Å². The van der Waals surface area contributed by atoms with Gasteiger partial charge < -0.3 is 5.43 Å². The van der Waals surface area contributed by atoms with E-state index in [1.165, 1.54) is 0 Å². The minimum atomic E-state index is 0.875. The first kappa shape index (κ1) is 12.4. The summed E-state index contributed by atoms with van der Waals surface area (Å²) in [5, 5.41) is 1.02. The highest BCUT2D eigenvalue weighted by Crippen LogP contribution is 2.23. The number of para-hydroxylation sites is 1. The minimum Gasteiger partial charge on any atom is -0.323 e. The van der Waals surface area contributed by atoms with Crippen molar-refractivity contribution in [3.8, 4) is 0 Å². The molecule has 0 aliphatic carbocycles. The van der Waals surface area contributed by atoms with Gasteiger partial charge in [0.25, 0.3) is 0 Å². The molecule has 3 heteroatoms. The van der Waals surface area contributed by atoms with Gasteiger partial charge in [0, 0.05) is 5.39 Å². The number of rotatable bonds is 3. The van der Waals surface area contributed by atoms with Gasteiger partial charge in [-0.05, 0) is 23.8 Å². The van der Waals surface area contributed by atoms with E-state index in [-0.39, 0.29) is 0 Å². The van der Waals surface area contributed by atoms with E-state index in [1.54, 1.807) is 0 Å². The average Bonchev–Trinajstić information content (AvgIpc) is 2.53. The van der Waals surface area contributed by atoms with Gasteiger partial charge in [0.1, 0.15) is 0 Å². The normalized spacial score (nSPS) is 11.1. The molecule has 0 aliphatic rings. The quantitative estimate of drug-likeness (QED) is 0.558. The summed E-state index contributed by atoms with van der Waals surface area (Å²) in [5.74, 6) is 5.59. The minimum absolute atomic E-state index is 0.875. The van der Waals surface area contributed by atoms with Gasteiger partial charge in [-0.1, -0.05) is 54.6 Å². The zero-order valence-electron chi connectivity index (χ0n) is 11.0. The van der Waals surface area contributed by atoms with E-state index >= 15 is 0 Å². The van der Waals surface area contributed by atoms with Gasteiger partial charge in [0.15, 0.2) is 0 Å². The molecule has 0 spiro atoms. The Bertz CT molecular complexity index is 749. The molecule has 20 heavy (non-hydrogen) atoms. The van der Waals surface area contributed by atoms with Crippen molar-refractivity contribution in [2.45, 2.75) is 0 Å². The van der Waals surface area contributed by atoms with Crippen LogP contribution in [0.2, 0.25) is 0 Å². The molecule has 0 bridgehead atoms. The first-order valence-corrected chi connectivity index (χ1v) is 6.46. The smallest absolute Gasteiger partial charge is 0.0730 e. The van der Waals surface area contributed by atoms with Gasteiger partial charge in [0.2, 0.25) is 0 Å². The standard InChI is InChI=1S/C17H15N3/c18-20-17-12-14(11-10-13-6-2-1-3-7-13)19-16-9-5-4-8-15(16)17/h1-12H,18H2,(H,19,20). The Kier molecular flexibility index (Phi) is 3.44. The van der Waals surface area contributed by atoms with Gasteiger partial charge in [-0.3, -0.25) is 5.84 Å². The maximum absolute atomic E-state index is 5.59. The van der Waals surface area contributed by atoms with E-state index in [0.29, 0.717) is 0 Å². The van der Waals surface area contributed by atoms with Gasteiger partial charge in [0.05, 0.1) is 16.9 Å². The van der Waals surface area contributed by atoms with Crippen LogP contribution in [0.5, 0.6) is 0 Å². The zero-order chi connectivity index (χ0) is 13.8. The molecule has 3 rings (SSSR count). The molecule has 3 aromatic rings. The van der Waals surface area contributed by atoms with E-state index in [1.807, 2.05) is 60.7 Å². The van der Waals surface area contributed by atoms with Crippen molar-refractivity contribution in [1.82, 2.24) is 4.98 Å². The molecule has 0 saturated carbocycles. The number of nitrogens with two attached hydrogens (primary N) is 1. The van der Waals surface area contributed by atoms with Crippen LogP contribution in [0.3, 0.4) is 0 Å². The maximum atomic E-state index is 5.59. The lowest BCUT2D eigenvalue weighted by Crippen LogP contribution is -2.07. The lowest BCUT2D eigenvalue weighted by Gasteiger charge is -2.06. The largest absolute Gasteiger partial charge is 0.323 e. The molecule has 1 heterocycles. The van der Waals surface area contributed by atoms with Crippen molar-refractivity contribution in [3.63, 3.8) is 0 Å². The fourth-order valence-corrected chi connectivity index (χ4v) is 2.15. The van der Waals surface area contributed by atoms with Crippen LogP contribution >= 0.6 is 0 Å². The molecular formula is C17H15N3. The molecule has 3 nitrogen and oxygen atoms in total. The fraction of sp³-hybridized carbons (Fsp3) is 0. The second-order valence-electron chi connectivity index (χ2n) is 4.50. The monoisotopic (exact) mass is 261 g/mol. The number of hydrazine groups is 1. The Morgan fingerprint density at radius 2 is 1.65 bits per heavy atom. The van der Waals surface area contributed by atoms with E-state index in [2.05, 4.69) is 22.5 Å². The van der Waals surface area contributed by atoms with Crippen LogP contribution in [0.1, 0.15) is 11.3 Å². The molecule has 3 N–H and O–H groups in total. The molecule has 0 atom stereocenters. The van der Waals surface area contributed by atoms with E-state index in [4.69, 9.17) is 5.84 Å². The molecule has 0 aliphatic heterocycles. The third-order valence-electron chi connectivity index (χ3n) is 3.14. The second-order valence-corrected chi connectivity index (χ2v) is 4.50. The first-order chi connectivity index (χ1) is 9.86. The van der Waals surface area contributed by atoms with Crippen LogP contribution in [0.4, 0.5) is 5.69 Å². The van der Waals surface area contributed by atoms with Gasteiger partial charge in [-0.2, -0.15) is 0 Å². The molecule has 0 saturated heterocycles. The van der Waals surface area contributed by atoms with Gasteiger partial charge in [-0.15, -0.1) is 0 Å². The number of anilines is 1. The number of nitrogens with zero attached hydrogens (tertiary/aromatic N) is 1.